The van der Waals surface area contributed by atoms with Crippen LogP contribution in [-0.4, -0.2) is 19.1 Å². The second kappa shape index (κ2) is 15.7. The lowest BCUT2D eigenvalue weighted by Crippen LogP contribution is -2.38. The van der Waals surface area contributed by atoms with E-state index < -0.39 is 0 Å². The van der Waals surface area contributed by atoms with E-state index in [9.17, 15) is 0 Å². The zero-order chi connectivity index (χ0) is 21.5. The lowest BCUT2D eigenvalue weighted by atomic mass is 9.98. The summed E-state index contributed by atoms with van der Waals surface area (Å²) < 4.78 is 0. The summed E-state index contributed by atoms with van der Waals surface area (Å²) in [7, 11) is 0. The lowest BCUT2D eigenvalue weighted by Gasteiger charge is -2.25. The number of nitrogens with one attached hydrogen (secondary N) is 2. The van der Waals surface area contributed by atoms with Crippen molar-refractivity contribution in [2.24, 2.45) is 17.3 Å². The fourth-order valence-electron chi connectivity index (χ4n) is 2.27. The number of benzene rings is 1. The Balaban J connectivity index is 0. The molecule has 2 nitrogen and oxygen atoms in total. The van der Waals surface area contributed by atoms with Crippen molar-refractivity contribution in [2.75, 3.05) is 13.1 Å². The second-order valence-electron chi connectivity index (χ2n) is 9.59. The maximum Gasteiger partial charge on any atom is 0.0269 e. The van der Waals surface area contributed by atoms with E-state index in [1.165, 1.54) is 12.0 Å². The molecule has 0 amide bonds. The Hall–Kier alpha value is -1.28. The minimum absolute atomic E-state index is 0.500. The van der Waals surface area contributed by atoms with E-state index in [1.807, 2.05) is 25.1 Å². The summed E-state index contributed by atoms with van der Waals surface area (Å²) in [6, 6.07) is 10.8. The van der Waals surface area contributed by atoms with E-state index in [2.05, 4.69) is 91.7 Å². The molecule has 0 radical (unpaired) electrons. The van der Waals surface area contributed by atoms with Gasteiger partial charge in [-0.1, -0.05) is 97.4 Å². The third kappa shape index (κ3) is 24.7. The molecule has 0 spiro atoms. The van der Waals surface area contributed by atoms with Crippen molar-refractivity contribution in [2.45, 2.75) is 81.7 Å². The highest BCUT2D eigenvalue weighted by Gasteiger charge is 2.14. The first-order valence-electron chi connectivity index (χ1n) is 10.5. The summed E-state index contributed by atoms with van der Waals surface area (Å²) in [5.41, 5.74) is 2.88. The number of hydrogen-bond acceptors (Lipinski definition) is 2. The third-order valence-corrected chi connectivity index (χ3v) is 3.61. The van der Waals surface area contributed by atoms with Crippen molar-refractivity contribution in [3.63, 3.8) is 0 Å². The molecular weight excluding hydrogens is 328 g/mol. The molecule has 2 atom stereocenters. The summed E-state index contributed by atoms with van der Waals surface area (Å²) in [5.74, 6) is 1.41. The summed E-state index contributed by atoms with van der Waals surface area (Å²) in [6.45, 7) is 27.9. The molecule has 0 fully saturated rings. The lowest BCUT2D eigenvalue weighted by molar-refractivity contribution is 0.358. The van der Waals surface area contributed by atoms with Crippen LogP contribution in [0.5, 0.6) is 0 Å². The van der Waals surface area contributed by atoms with E-state index >= 15 is 0 Å². The zero-order valence-corrected chi connectivity index (χ0v) is 19.9. The van der Waals surface area contributed by atoms with Gasteiger partial charge < -0.3 is 10.6 Å². The Bertz CT molecular complexity index is 451. The van der Waals surface area contributed by atoms with Gasteiger partial charge >= 0.3 is 0 Å². The average Bonchev–Trinajstić information content (AvgIpc) is 2.50. The van der Waals surface area contributed by atoms with Crippen molar-refractivity contribution in [1.29, 1.82) is 0 Å². The SMILES string of the molecule is C=C(C)NC(C)C(CC)CNCC(C)C.CC(C)(C)C.Cc1ccccc1. The molecule has 158 valence electrons. The maximum atomic E-state index is 3.89. The zero-order valence-electron chi connectivity index (χ0n) is 19.9. The van der Waals surface area contributed by atoms with Gasteiger partial charge in [-0.3, -0.25) is 0 Å². The molecule has 1 aromatic rings. The first-order chi connectivity index (χ1) is 12.4. The Morgan fingerprint density at radius 1 is 1.00 bits per heavy atom. The largest absolute Gasteiger partial charge is 0.386 e. The first kappa shape index (κ1) is 27.9. The quantitative estimate of drug-likeness (QED) is 0.520. The van der Waals surface area contributed by atoms with Crippen molar-refractivity contribution >= 4 is 0 Å². The Morgan fingerprint density at radius 3 is 1.78 bits per heavy atom. The minimum Gasteiger partial charge on any atom is -0.386 e. The predicted molar refractivity (Wildman–Crippen MR) is 125 cm³/mol. The molecule has 2 heteroatoms. The molecule has 0 bridgehead atoms. The number of aryl methyl sites for hydroxylation is 1. The predicted octanol–water partition coefficient (Wildman–Crippen LogP) is 6.82. The number of hydrogen-bond donors (Lipinski definition) is 2. The van der Waals surface area contributed by atoms with Crippen LogP contribution in [0.4, 0.5) is 0 Å². The third-order valence-electron chi connectivity index (χ3n) is 3.61. The molecule has 2 N–H and O–H groups in total. The molecule has 0 aromatic heterocycles. The van der Waals surface area contributed by atoms with Gasteiger partial charge in [0.05, 0.1) is 0 Å². The number of allylic oxidation sites excluding steroid dienone is 1. The smallest absolute Gasteiger partial charge is 0.0269 e. The Morgan fingerprint density at radius 2 is 1.48 bits per heavy atom. The van der Waals surface area contributed by atoms with E-state index in [4.69, 9.17) is 0 Å². The van der Waals surface area contributed by atoms with Crippen molar-refractivity contribution in [1.82, 2.24) is 10.6 Å². The van der Waals surface area contributed by atoms with Crippen LogP contribution in [0, 0.1) is 24.2 Å². The van der Waals surface area contributed by atoms with Crippen LogP contribution in [-0.2, 0) is 0 Å². The van der Waals surface area contributed by atoms with E-state index in [-0.39, 0.29) is 0 Å². The Labute approximate surface area is 171 Å². The van der Waals surface area contributed by atoms with Crippen LogP contribution in [0.25, 0.3) is 0 Å². The van der Waals surface area contributed by atoms with Crippen LogP contribution in [0.2, 0.25) is 0 Å². The van der Waals surface area contributed by atoms with Gasteiger partial charge in [0.25, 0.3) is 0 Å². The van der Waals surface area contributed by atoms with Crippen molar-refractivity contribution in [3.8, 4) is 0 Å². The highest BCUT2D eigenvalue weighted by molar-refractivity contribution is 5.11. The summed E-state index contributed by atoms with van der Waals surface area (Å²) in [4.78, 5) is 0. The fourth-order valence-corrected chi connectivity index (χ4v) is 2.27. The summed E-state index contributed by atoms with van der Waals surface area (Å²) in [6.07, 6.45) is 1.20. The van der Waals surface area contributed by atoms with Gasteiger partial charge in [-0.25, -0.2) is 0 Å². The van der Waals surface area contributed by atoms with Gasteiger partial charge in [-0.2, -0.15) is 0 Å². The van der Waals surface area contributed by atoms with Gasteiger partial charge in [-0.05, 0) is 51.1 Å². The molecule has 0 saturated carbocycles. The van der Waals surface area contributed by atoms with Crippen LogP contribution >= 0.6 is 0 Å². The first-order valence-corrected chi connectivity index (χ1v) is 10.5. The molecule has 27 heavy (non-hydrogen) atoms. The normalized spacial score (nSPS) is 12.9. The molecule has 2 unspecified atom stereocenters. The van der Waals surface area contributed by atoms with Gasteiger partial charge in [-0.15, -0.1) is 0 Å². The average molecular weight is 377 g/mol. The Kier molecular flexibility index (Phi) is 16.3. The van der Waals surface area contributed by atoms with Crippen LogP contribution in [0.3, 0.4) is 0 Å². The molecule has 0 heterocycles. The van der Waals surface area contributed by atoms with Crippen molar-refractivity contribution < 1.29 is 0 Å². The fraction of sp³-hybridized carbons (Fsp3) is 0.680. The molecule has 0 aliphatic rings. The topological polar surface area (TPSA) is 24.1 Å². The van der Waals surface area contributed by atoms with E-state index in [0.29, 0.717) is 17.4 Å². The second-order valence-corrected chi connectivity index (χ2v) is 9.59. The van der Waals surface area contributed by atoms with Gasteiger partial charge in [0.15, 0.2) is 0 Å². The van der Waals surface area contributed by atoms with Crippen LogP contribution < -0.4 is 10.6 Å². The molecule has 0 aliphatic heterocycles. The standard InChI is InChI=1S/C13H28N2.C7H8.C5H12/c1-7-13(9-14-8-10(2)3)12(6)15-11(4)5;1-7-5-3-2-4-6-7;1-5(2,3)4/h10,12-15H,4,7-9H2,1-3,5-6H3;2-6H,1H3;1-4H3. The summed E-state index contributed by atoms with van der Waals surface area (Å²) in [5, 5.41) is 6.92. The molecule has 1 aromatic carbocycles. The monoisotopic (exact) mass is 376 g/mol. The van der Waals surface area contributed by atoms with E-state index in [0.717, 1.165) is 24.7 Å². The number of rotatable bonds is 8. The van der Waals surface area contributed by atoms with Gasteiger partial charge in [0.2, 0.25) is 0 Å². The minimum atomic E-state index is 0.500. The van der Waals surface area contributed by atoms with Crippen molar-refractivity contribution in [3.05, 3.63) is 48.2 Å². The van der Waals surface area contributed by atoms with E-state index in [1.54, 1.807) is 0 Å². The van der Waals surface area contributed by atoms with Gasteiger partial charge in [0.1, 0.15) is 0 Å². The van der Waals surface area contributed by atoms with Crippen LogP contribution in [0.15, 0.2) is 42.6 Å². The molecular formula is C25H48N2. The molecule has 0 saturated heterocycles. The molecule has 1 rings (SSSR count). The highest BCUT2D eigenvalue weighted by Crippen LogP contribution is 2.09. The highest BCUT2D eigenvalue weighted by atomic mass is 14.9. The van der Waals surface area contributed by atoms with Gasteiger partial charge in [0, 0.05) is 11.7 Å². The van der Waals surface area contributed by atoms with Crippen LogP contribution in [0.1, 0.15) is 74.3 Å². The summed E-state index contributed by atoms with van der Waals surface area (Å²) >= 11 is 0. The molecule has 0 aliphatic carbocycles. The maximum absolute atomic E-state index is 3.89.